The molecule has 0 aromatic rings. The minimum Gasteiger partial charge on any atom is -0.390 e. The highest BCUT2D eigenvalue weighted by Gasteiger charge is 2.34. The Balaban J connectivity index is 2.51. The third kappa shape index (κ3) is 1.73. The number of carbonyl (C=O) groups is 2. The number of rotatable bonds is 3. The van der Waals surface area contributed by atoms with Crippen LogP contribution in [0, 0.1) is 0 Å². The van der Waals surface area contributed by atoms with Gasteiger partial charge < -0.3 is 10.4 Å². The van der Waals surface area contributed by atoms with Gasteiger partial charge >= 0.3 is 6.03 Å². The molecule has 0 radical (unpaired) electrons. The first-order valence-electron chi connectivity index (χ1n) is 3.94. The largest absolute Gasteiger partial charge is 0.390 e. The summed E-state index contributed by atoms with van der Waals surface area (Å²) in [6.07, 6.45) is 0.514. The van der Waals surface area contributed by atoms with E-state index in [-0.39, 0.29) is 0 Å². The Labute approximate surface area is 70.1 Å². The first kappa shape index (κ1) is 8.99. The summed E-state index contributed by atoms with van der Waals surface area (Å²) in [5, 5.41) is 13.8. The molecule has 1 saturated heterocycles. The first-order valence-corrected chi connectivity index (χ1v) is 3.94. The molecule has 1 fully saturated rings. The van der Waals surface area contributed by atoms with Gasteiger partial charge in [-0.25, -0.2) is 4.79 Å². The van der Waals surface area contributed by atoms with Crippen molar-refractivity contribution in [2.75, 3.05) is 0 Å². The van der Waals surface area contributed by atoms with Crippen LogP contribution in [-0.2, 0) is 4.79 Å². The number of aliphatic hydroxyl groups is 1. The summed E-state index contributed by atoms with van der Waals surface area (Å²) in [6, 6.07) is -1.29. The number of amides is 3. The molecule has 0 aromatic carbocycles. The second-order valence-corrected chi connectivity index (χ2v) is 2.80. The number of imide groups is 1. The Morgan fingerprint density at radius 1 is 1.58 bits per heavy atom. The van der Waals surface area contributed by atoms with Gasteiger partial charge in [0.05, 0.1) is 6.10 Å². The van der Waals surface area contributed by atoms with Crippen LogP contribution in [0.4, 0.5) is 4.79 Å². The van der Waals surface area contributed by atoms with Gasteiger partial charge in [-0.2, -0.15) is 0 Å². The minimum absolute atomic E-state index is 0.444. The molecule has 0 bridgehead atoms. The number of hydrogen-bond acceptors (Lipinski definition) is 3. The van der Waals surface area contributed by atoms with Gasteiger partial charge in [0.1, 0.15) is 6.04 Å². The summed E-state index contributed by atoms with van der Waals surface area (Å²) >= 11 is 0. The Morgan fingerprint density at radius 3 is 2.67 bits per heavy atom. The lowest BCUT2D eigenvalue weighted by atomic mass is 10.1. The lowest BCUT2D eigenvalue weighted by Gasteiger charge is -2.13. The van der Waals surface area contributed by atoms with Crippen molar-refractivity contribution in [1.29, 1.82) is 0 Å². The smallest absolute Gasteiger partial charge is 0.322 e. The monoisotopic (exact) mass is 172 g/mol. The number of aliphatic hydroxyl groups excluding tert-OH is 1. The normalized spacial score (nSPS) is 25.0. The van der Waals surface area contributed by atoms with Crippen LogP contribution in [-0.4, -0.2) is 29.2 Å². The highest BCUT2D eigenvalue weighted by molar-refractivity contribution is 6.04. The first-order chi connectivity index (χ1) is 5.65. The molecule has 3 N–H and O–H groups in total. The van der Waals surface area contributed by atoms with Gasteiger partial charge in [0, 0.05) is 0 Å². The van der Waals surface area contributed by atoms with E-state index in [0.29, 0.717) is 6.42 Å². The summed E-state index contributed by atoms with van der Waals surface area (Å²) in [7, 11) is 0. The number of urea groups is 1. The molecule has 0 saturated carbocycles. The van der Waals surface area contributed by atoms with Crippen LogP contribution in [0.2, 0.25) is 0 Å². The maximum absolute atomic E-state index is 10.9. The lowest BCUT2D eigenvalue weighted by Crippen LogP contribution is -2.40. The van der Waals surface area contributed by atoms with Gasteiger partial charge in [-0.3, -0.25) is 10.1 Å². The lowest BCUT2D eigenvalue weighted by molar-refractivity contribution is -0.122. The van der Waals surface area contributed by atoms with Crippen LogP contribution in [0.1, 0.15) is 19.8 Å². The fourth-order valence-corrected chi connectivity index (χ4v) is 1.17. The van der Waals surface area contributed by atoms with E-state index in [0.717, 1.165) is 6.42 Å². The van der Waals surface area contributed by atoms with E-state index in [9.17, 15) is 14.7 Å². The van der Waals surface area contributed by atoms with E-state index in [2.05, 4.69) is 10.6 Å². The van der Waals surface area contributed by atoms with Gasteiger partial charge in [0.2, 0.25) is 0 Å². The van der Waals surface area contributed by atoms with Crippen molar-refractivity contribution in [2.24, 2.45) is 0 Å². The zero-order valence-electron chi connectivity index (χ0n) is 6.83. The van der Waals surface area contributed by atoms with E-state index >= 15 is 0 Å². The van der Waals surface area contributed by atoms with E-state index in [4.69, 9.17) is 0 Å². The maximum Gasteiger partial charge on any atom is 0.322 e. The Morgan fingerprint density at radius 2 is 2.25 bits per heavy atom. The van der Waals surface area contributed by atoms with E-state index in [1.165, 1.54) is 0 Å². The second kappa shape index (κ2) is 3.53. The molecule has 1 aliphatic heterocycles. The van der Waals surface area contributed by atoms with Crippen LogP contribution in [0.3, 0.4) is 0 Å². The maximum atomic E-state index is 10.9. The van der Waals surface area contributed by atoms with Gasteiger partial charge in [-0.05, 0) is 6.42 Å². The fraction of sp³-hybridized carbons (Fsp3) is 0.714. The number of nitrogens with one attached hydrogen (secondary N) is 2. The van der Waals surface area contributed by atoms with Crippen LogP contribution in [0.15, 0.2) is 0 Å². The molecule has 1 rings (SSSR count). The van der Waals surface area contributed by atoms with Crippen molar-refractivity contribution in [2.45, 2.75) is 31.9 Å². The van der Waals surface area contributed by atoms with Crippen LogP contribution >= 0.6 is 0 Å². The Kier molecular flexibility index (Phi) is 2.65. The second-order valence-electron chi connectivity index (χ2n) is 2.80. The Bertz CT molecular complexity index is 205. The van der Waals surface area contributed by atoms with Crippen molar-refractivity contribution >= 4 is 11.9 Å². The molecule has 2 atom stereocenters. The molecule has 1 aliphatic rings. The third-order valence-electron chi connectivity index (χ3n) is 1.78. The van der Waals surface area contributed by atoms with Crippen molar-refractivity contribution in [3.63, 3.8) is 0 Å². The van der Waals surface area contributed by atoms with Crippen molar-refractivity contribution in [3.05, 3.63) is 0 Å². The highest BCUT2D eigenvalue weighted by atomic mass is 16.3. The van der Waals surface area contributed by atoms with E-state index < -0.39 is 24.1 Å². The standard InChI is InChI=1S/C7H12N2O3/c1-2-3-4(10)5-6(11)9-7(12)8-5/h4-5,10H,2-3H2,1H3,(H2,8,9,11,12). The SMILES string of the molecule is CCCC(O)C1NC(=O)NC1=O. The predicted octanol–water partition coefficient (Wildman–Crippen LogP) is -0.645. The van der Waals surface area contributed by atoms with Crippen LogP contribution in [0.5, 0.6) is 0 Å². The van der Waals surface area contributed by atoms with Crippen molar-refractivity contribution in [3.8, 4) is 0 Å². The zero-order chi connectivity index (χ0) is 9.14. The molecular weight excluding hydrogens is 160 g/mol. The summed E-state index contributed by atoms with van der Waals surface area (Å²) in [5.74, 6) is -0.444. The Hall–Kier alpha value is -1.10. The summed E-state index contributed by atoms with van der Waals surface area (Å²) < 4.78 is 0. The van der Waals surface area contributed by atoms with Gasteiger partial charge in [-0.1, -0.05) is 13.3 Å². The zero-order valence-corrected chi connectivity index (χ0v) is 6.83. The molecule has 3 amide bonds. The average molecular weight is 172 g/mol. The molecule has 12 heavy (non-hydrogen) atoms. The van der Waals surface area contributed by atoms with Gasteiger partial charge in [-0.15, -0.1) is 0 Å². The average Bonchev–Trinajstić information content (AvgIpc) is 2.30. The molecule has 0 aromatic heterocycles. The predicted molar refractivity (Wildman–Crippen MR) is 41.4 cm³/mol. The molecule has 5 heteroatoms. The molecule has 0 aliphatic carbocycles. The highest BCUT2D eigenvalue weighted by Crippen LogP contribution is 2.05. The third-order valence-corrected chi connectivity index (χ3v) is 1.78. The number of carbonyl (C=O) groups excluding carboxylic acids is 2. The fourth-order valence-electron chi connectivity index (χ4n) is 1.17. The van der Waals surface area contributed by atoms with E-state index in [1.807, 2.05) is 6.92 Å². The van der Waals surface area contributed by atoms with E-state index in [1.54, 1.807) is 0 Å². The minimum atomic E-state index is -0.776. The van der Waals surface area contributed by atoms with Crippen molar-refractivity contribution < 1.29 is 14.7 Å². The van der Waals surface area contributed by atoms with Gasteiger partial charge in [0.15, 0.2) is 0 Å². The molecule has 1 heterocycles. The van der Waals surface area contributed by atoms with Crippen LogP contribution in [0.25, 0.3) is 0 Å². The molecule has 2 unspecified atom stereocenters. The molecule has 0 spiro atoms. The topological polar surface area (TPSA) is 78.4 Å². The summed E-state index contributed by atoms with van der Waals surface area (Å²) in [4.78, 5) is 21.6. The molecular formula is C7H12N2O3. The molecule has 68 valence electrons. The van der Waals surface area contributed by atoms with Crippen molar-refractivity contribution in [1.82, 2.24) is 10.6 Å². The van der Waals surface area contributed by atoms with Gasteiger partial charge in [0.25, 0.3) is 5.91 Å². The number of hydrogen-bond donors (Lipinski definition) is 3. The summed E-state index contributed by atoms with van der Waals surface area (Å²) in [5.41, 5.74) is 0. The molecule has 5 nitrogen and oxygen atoms in total. The summed E-state index contributed by atoms with van der Waals surface area (Å²) in [6.45, 7) is 1.90. The quantitative estimate of drug-likeness (QED) is 0.495. The van der Waals surface area contributed by atoms with Crippen LogP contribution < -0.4 is 10.6 Å².